The van der Waals surface area contributed by atoms with E-state index in [4.69, 9.17) is 23.4 Å². The maximum atomic E-state index is 13.6. The second-order valence-electron chi connectivity index (χ2n) is 10.1. The molecule has 0 saturated carbocycles. The summed E-state index contributed by atoms with van der Waals surface area (Å²) in [6, 6.07) is 7.25. The lowest BCUT2D eigenvalue weighted by molar-refractivity contribution is -0.323. The van der Waals surface area contributed by atoms with Crippen LogP contribution in [0.4, 0.5) is 0 Å². The summed E-state index contributed by atoms with van der Waals surface area (Å²) in [5, 5.41) is 101. The van der Waals surface area contributed by atoms with Crippen LogP contribution in [0.15, 0.2) is 45.6 Å². The minimum absolute atomic E-state index is 0.116. The third-order valence-corrected chi connectivity index (χ3v) is 7.22. The van der Waals surface area contributed by atoms with Gasteiger partial charge in [-0.05, 0) is 24.3 Å². The number of phenols is 3. The van der Waals surface area contributed by atoms with Gasteiger partial charge in [0.05, 0.1) is 13.2 Å². The van der Waals surface area contributed by atoms with Crippen molar-refractivity contribution in [3.05, 3.63) is 46.6 Å². The Morgan fingerprint density at radius 1 is 0.721 bits per heavy atom. The number of hydrogen-bond donors (Lipinski definition) is 10. The fourth-order valence-corrected chi connectivity index (χ4v) is 4.84. The van der Waals surface area contributed by atoms with Crippen LogP contribution in [0.1, 0.15) is 0 Å². The highest BCUT2D eigenvalue weighted by Crippen LogP contribution is 2.37. The van der Waals surface area contributed by atoms with E-state index in [9.17, 15) is 55.9 Å². The smallest absolute Gasteiger partial charge is 0.239 e. The number of benzene rings is 2. The van der Waals surface area contributed by atoms with E-state index < -0.39 is 103 Å². The summed E-state index contributed by atoms with van der Waals surface area (Å²) in [5.41, 5.74) is -1.01. The van der Waals surface area contributed by atoms with Gasteiger partial charge in [0, 0.05) is 17.7 Å². The summed E-state index contributed by atoms with van der Waals surface area (Å²) in [5.74, 6) is -2.07. The largest absolute Gasteiger partial charge is 0.508 e. The number of hydrogen-bond acceptors (Lipinski definition) is 16. The predicted molar refractivity (Wildman–Crippen MR) is 140 cm³/mol. The zero-order valence-electron chi connectivity index (χ0n) is 22.1. The van der Waals surface area contributed by atoms with Gasteiger partial charge in [-0.1, -0.05) is 0 Å². The van der Waals surface area contributed by atoms with Crippen molar-refractivity contribution in [2.75, 3.05) is 13.2 Å². The average molecular weight is 611 g/mol. The molecule has 16 nitrogen and oxygen atoms in total. The van der Waals surface area contributed by atoms with Crippen LogP contribution in [-0.4, -0.2) is 126 Å². The van der Waals surface area contributed by atoms with Crippen molar-refractivity contribution in [3.8, 4) is 34.3 Å². The quantitative estimate of drug-likeness (QED) is 0.133. The minimum atomic E-state index is -1.95. The van der Waals surface area contributed by atoms with Crippen molar-refractivity contribution in [1.29, 1.82) is 0 Å². The molecule has 3 aromatic rings. The molecule has 0 aliphatic carbocycles. The maximum absolute atomic E-state index is 13.6. The fourth-order valence-electron chi connectivity index (χ4n) is 4.84. The first-order valence-electron chi connectivity index (χ1n) is 13.0. The summed E-state index contributed by atoms with van der Waals surface area (Å²) in [4.78, 5) is 13.6. The van der Waals surface area contributed by atoms with E-state index >= 15 is 0 Å². The first-order chi connectivity index (χ1) is 20.4. The molecule has 2 aromatic carbocycles. The minimum Gasteiger partial charge on any atom is -0.508 e. The van der Waals surface area contributed by atoms with Crippen LogP contribution in [0.25, 0.3) is 22.3 Å². The van der Waals surface area contributed by atoms with Gasteiger partial charge in [-0.2, -0.15) is 0 Å². The van der Waals surface area contributed by atoms with Gasteiger partial charge < -0.3 is 74.4 Å². The molecule has 1 aromatic heterocycles. The SMILES string of the molecule is O=c1c(O[C@H]2O[C@@H](CO[C@@H]3O[C@H](CO)[C@@H](O)[C@H](O)[C@H]3O)[C@H](O)[C@@H](O)[C@@H]2O)c(-c2ccc(O)cc2)oc2cc(O)cc(O)c12. The van der Waals surface area contributed by atoms with Crippen LogP contribution in [0, 0.1) is 0 Å². The topological polar surface area (TPSA) is 269 Å². The van der Waals surface area contributed by atoms with Crippen molar-refractivity contribution >= 4 is 11.0 Å². The molecule has 10 N–H and O–H groups in total. The monoisotopic (exact) mass is 610 g/mol. The van der Waals surface area contributed by atoms with Gasteiger partial charge in [-0.25, -0.2) is 0 Å². The number of rotatable bonds is 7. The van der Waals surface area contributed by atoms with Crippen LogP contribution in [0.5, 0.6) is 23.0 Å². The fraction of sp³-hybridized carbons (Fsp3) is 0.444. The zero-order valence-corrected chi connectivity index (χ0v) is 22.1. The predicted octanol–water partition coefficient (Wildman–Crippen LogP) is -2.42. The molecule has 0 unspecified atom stereocenters. The summed E-state index contributed by atoms with van der Waals surface area (Å²) in [6.07, 6.45) is -17.1. The van der Waals surface area contributed by atoms with Crippen molar-refractivity contribution < 1.29 is 74.4 Å². The van der Waals surface area contributed by atoms with E-state index in [1.807, 2.05) is 0 Å². The van der Waals surface area contributed by atoms with E-state index in [0.29, 0.717) is 0 Å². The van der Waals surface area contributed by atoms with Crippen LogP contribution in [-0.2, 0) is 14.2 Å². The first kappa shape index (κ1) is 30.9. The summed E-state index contributed by atoms with van der Waals surface area (Å²) < 4.78 is 27.8. The average Bonchev–Trinajstić information content (AvgIpc) is 2.97. The van der Waals surface area contributed by atoms with Gasteiger partial charge in [-0.3, -0.25) is 4.79 Å². The summed E-state index contributed by atoms with van der Waals surface area (Å²) in [7, 11) is 0. The number of fused-ring (bicyclic) bond motifs is 1. The highest BCUT2D eigenvalue weighted by Gasteiger charge is 2.48. The van der Waals surface area contributed by atoms with Crippen molar-refractivity contribution in [1.82, 2.24) is 0 Å². The number of aromatic hydroxyl groups is 3. The van der Waals surface area contributed by atoms with Crippen LogP contribution in [0.3, 0.4) is 0 Å². The molecule has 16 heteroatoms. The molecule has 43 heavy (non-hydrogen) atoms. The molecule has 0 bridgehead atoms. The lowest BCUT2D eigenvalue weighted by atomic mass is 9.98. The van der Waals surface area contributed by atoms with Crippen molar-refractivity contribution in [2.24, 2.45) is 0 Å². The molecule has 0 radical (unpaired) electrons. The summed E-state index contributed by atoms with van der Waals surface area (Å²) >= 11 is 0. The Hall–Kier alpha value is -3.55. The lowest BCUT2D eigenvalue weighted by Crippen LogP contribution is -2.62. The normalized spacial score (nSPS) is 33.0. The van der Waals surface area contributed by atoms with Crippen LogP contribution < -0.4 is 10.2 Å². The van der Waals surface area contributed by atoms with Crippen molar-refractivity contribution in [3.63, 3.8) is 0 Å². The third kappa shape index (κ3) is 5.85. The van der Waals surface area contributed by atoms with E-state index in [0.717, 1.165) is 12.1 Å². The molecular weight excluding hydrogens is 580 g/mol. The first-order valence-corrected chi connectivity index (χ1v) is 13.0. The van der Waals surface area contributed by atoms with E-state index in [1.54, 1.807) is 0 Å². The van der Waals surface area contributed by atoms with E-state index in [1.165, 1.54) is 24.3 Å². The van der Waals surface area contributed by atoms with Gasteiger partial charge in [0.2, 0.25) is 17.5 Å². The summed E-state index contributed by atoms with van der Waals surface area (Å²) in [6.45, 7) is -1.37. The van der Waals surface area contributed by atoms with Crippen LogP contribution >= 0.6 is 0 Å². The van der Waals surface area contributed by atoms with E-state index in [-0.39, 0.29) is 22.7 Å². The molecule has 234 valence electrons. The Bertz CT molecular complexity index is 1490. The molecule has 0 amide bonds. The van der Waals surface area contributed by atoms with Crippen molar-refractivity contribution in [2.45, 2.75) is 61.4 Å². The number of phenolic OH excluding ortho intramolecular Hbond substituents is 3. The Morgan fingerprint density at radius 2 is 1.33 bits per heavy atom. The number of aliphatic hydroxyl groups is 7. The van der Waals surface area contributed by atoms with E-state index in [2.05, 4.69) is 0 Å². The molecule has 2 aliphatic heterocycles. The standard InChI is InChI=1S/C27H30O16/c28-7-14-17(32)20(35)22(37)26(41-14)39-8-15-18(33)21(36)23(38)27(42-15)43-25-19(34)16-12(31)5-11(30)6-13(16)40-24(25)9-1-3-10(29)4-2-9/h1-6,14-15,17-18,20-23,26-33,35-38H,7-8H2/t14-,15+,17-,18+,20+,21-,22-,23+,26-,27-/m1/s1. The zero-order chi connectivity index (χ0) is 31.2. The number of aliphatic hydroxyl groups excluding tert-OH is 7. The maximum Gasteiger partial charge on any atom is 0.239 e. The molecular formula is C27H30O16. The van der Waals surface area contributed by atoms with Gasteiger partial charge in [0.1, 0.15) is 77.0 Å². The van der Waals surface area contributed by atoms with Gasteiger partial charge in [-0.15, -0.1) is 0 Å². The molecule has 3 heterocycles. The molecule has 2 aliphatic rings. The Kier molecular flexibility index (Phi) is 8.77. The molecule has 5 rings (SSSR count). The molecule has 0 spiro atoms. The van der Waals surface area contributed by atoms with Gasteiger partial charge in [0.25, 0.3) is 0 Å². The second-order valence-corrected chi connectivity index (χ2v) is 10.1. The number of ether oxygens (including phenoxy) is 4. The Balaban J connectivity index is 1.45. The van der Waals surface area contributed by atoms with Crippen LogP contribution in [0.2, 0.25) is 0 Å². The lowest BCUT2D eigenvalue weighted by Gasteiger charge is -2.42. The molecule has 10 atom stereocenters. The Morgan fingerprint density at radius 3 is 1.98 bits per heavy atom. The third-order valence-electron chi connectivity index (χ3n) is 7.22. The molecule has 2 fully saturated rings. The highest BCUT2D eigenvalue weighted by atomic mass is 16.7. The van der Waals surface area contributed by atoms with Gasteiger partial charge in [0.15, 0.2) is 12.1 Å². The highest BCUT2D eigenvalue weighted by molar-refractivity contribution is 5.88. The molecule has 2 saturated heterocycles. The van der Waals surface area contributed by atoms with Gasteiger partial charge >= 0.3 is 0 Å². The Labute approximate surface area is 241 Å². The second kappa shape index (κ2) is 12.2.